The zero-order valence-electron chi connectivity index (χ0n) is 14.0. The zero-order valence-corrected chi connectivity index (χ0v) is 14.0. The Hall–Kier alpha value is -2.82. The summed E-state index contributed by atoms with van der Waals surface area (Å²) in [5.74, 6) is 0.650. The number of halogens is 1. The highest BCUT2D eigenvalue weighted by Crippen LogP contribution is 2.28. The largest absolute Gasteiger partial charge is 0.497 e. The lowest BCUT2D eigenvalue weighted by Gasteiger charge is -2.27. The van der Waals surface area contributed by atoms with Gasteiger partial charge in [0.2, 0.25) is 5.91 Å². The molecule has 2 aromatic carbocycles. The van der Waals surface area contributed by atoms with E-state index >= 15 is 0 Å². The molecule has 5 heteroatoms. The van der Waals surface area contributed by atoms with E-state index in [9.17, 15) is 9.18 Å². The molecule has 0 bridgehead atoms. The number of aromatic nitrogens is 1. The molecular weight excluding hydrogens is 319 g/mol. The number of carbonyl (C=O) groups excluding carboxylic acids is 1. The second kappa shape index (κ2) is 6.24. The van der Waals surface area contributed by atoms with Crippen LogP contribution in [-0.4, -0.2) is 29.4 Å². The highest BCUT2D eigenvalue weighted by Gasteiger charge is 2.24. The number of aromatic amines is 1. The van der Waals surface area contributed by atoms with E-state index in [0.29, 0.717) is 19.5 Å². The Balaban J connectivity index is 1.51. The van der Waals surface area contributed by atoms with Crippen molar-refractivity contribution in [3.8, 4) is 5.75 Å². The van der Waals surface area contributed by atoms with Crippen molar-refractivity contribution in [2.24, 2.45) is 0 Å². The van der Waals surface area contributed by atoms with Gasteiger partial charge in [-0.25, -0.2) is 4.39 Å². The second-order valence-corrected chi connectivity index (χ2v) is 6.36. The first-order valence-corrected chi connectivity index (χ1v) is 8.34. The summed E-state index contributed by atoms with van der Waals surface area (Å²) in [7, 11) is 1.62. The van der Waals surface area contributed by atoms with Crippen molar-refractivity contribution in [3.05, 3.63) is 65.1 Å². The normalized spacial score (nSPS) is 13.8. The lowest BCUT2D eigenvalue weighted by atomic mass is 10.0. The minimum atomic E-state index is -0.229. The lowest BCUT2D eigenvalue weighted by molar-refractivity contribution is -0.131. The topological polar surface area (TPSA) is 45.3 Å². The van der Waals surface area contributed by atoms with E-state index in [4.69, 9.17) is 4.74 Å². The van der Waals surface area contributed by atoms with Crippen LogP contribution in [0.5, 0.6) is 5.75 Å². The van der Waals surface area contributed by atoms with Crippen LogP contribution in [0.15, 0.2) is 42.5 Å². The number of amides is 1. The van der Waals surface area contributed by atoms with E-state index in [1.54, 1.807) is 19.2 Å². The van der Waals surface area contributed by atoms with E-state index in [2.05, 4.69) is 4.98 Å². The van der Waals surface area contributed by atoms with Gasteiger partial charge in [0.15, 0.2) is 0 Å². The first-order valence-electron chi connectivity index (χ1n) is 8.34. The van der Waals surface area contributed by atoms with Crippen LogP contribution in [0.25, 0.3) is 10.9 Å². The van der Waals surface area contributed by atoms with E-state index in [1.807, 2.05) is 29.2 Å². The van der Waals surface area contributed by atoms with Crippen LogP contribution in [-0.2, 0) is 24.2 Å². The Morgan fingerprint density at radius 1 is 1.24 bits per heavy atom. The van der Waals surface area contributed by atoms with Gasteiger partial charge in [-0.3, -0.25) is 4.79 Å². The van der Waals surface area contributed by atoms with Crippen LogP contribution in [0.1, 0.15) is 16.8 Å². The van der Waals surface area contributed by atoms with E-state index < -0.39 is 0 Å². The van der Waals surface area contributed by atoms with Crippen molar-refractivity contribution in [1.82, 2.24) is 9.88 Å². The molecule has 0 radical (unpaired) electrons. The Morgan fingerprint density at radius 2 is 2.04 bits per heavy atom. The van der Waals surface area contributed by atoms with Gasteiger partial charge in [-0.15, -0.1) is 0 Å². The third-order valence-electron chi connectivity index (χ3n) is 4.80. The summed E-state index contributed by atoms with van der Waals surface area (Å²) < 4.78 is 18.6. The number of nitrogens with one attached hydrogen (secondary N) is 1. The van der Waals surface area contributed by atoms with Crippen molar-refractivity contribution < 1.29 is 13.9 Å². The first-order chi connectivity index (χ1) is 12.1. The van der Waals surface area contributed by atoms with Crippen LogP contribution in [0.3, 0.4) is 0 Å². The standard InChI is InChI=1S/C20H19FN2O2/c1-25-15-5-2-13(3-6-15)10-20(24)23-9-8-16-17-11-14(21)4-7-18(17)22-19(16)12-23/h2-7,11,22H,8-10,12H2,1H3. The Bertz CT molecular complexity index is 931. The first kappa shape index (κ1) is 15.7. The minimum Gasteiger partial charge on any atom is -0.497 e. The molecule has 0 fully saturated rings. The Kier molecular flexibility index (Phi) is 3.92. The van der Waals surface area contributed by atoms with Gasteiger partial charge in [-0.1, -0.05) is 12.1 Å². The van der Waals surface area contributed by atoms with Gasteiger partial charge in [-0.05, 0) is 47.9 Å². The maximum absolute atomic E-state index is 13.5. The zero-order chi connectivity index (χ0) is 17.4. The van der Waals surface area contributed by atoms with Crippen LogP contribution < -0.4 is 4.74 Å². The maximum Gasteiger partial charge on any atom is 0.227 e. The molecule has 1 aliphatic heterocycles. The molecule has 128 valence electrons. The Morgan fingerprint density at radius 3 is 2.80 bits per heavy atom. The van der Waals surface area contributed by atoms with Gasteiger partial charge in [-0.2, -0.15) is 0 Å². The highest BCUT2D eigenvalue weighted by molar-refractivity contribution is 5.86. The predicted octanol–water partition coefficient (Wildman–Crippen LogP) is 3.44. The van der Waals surface area contributed by atoms with Gasteiger partial charge in [0, 0.05) is 23.1 Å². The molecule has 0 unspecified atom stereocenters. The molecule has 0 aliphatic carbocycles. The van der Waals surface area contributed by atoms with Gasteiger partial charge in [0.05, 0.1) is 20.1 Å². The highest BCUT2D eigenvalue weighted by atomic mass is 19.1. The number of carbonyl (C=O) groups is 1. The molecular formula is C20H19FN2O2. The smallest absolute Gasteiger partial charge is 0.227 e. The predicted molar refractivity (Wildman–Crippen MR) is 94.1 cm³/mol. The SMILES string of the molecule is COc1ccc(CC(=O)N2CCc3c([nH]c4ccc(F)cc34)C2)cc1. The van der Waals surface area contributed by atoms with Gasteiger partial charge in [0.25, 0.3) is 0 Å². The van der Waals surface area contributed by atoms with E-state index in [0.717, 1.165) is 39.9 Å². The number of benzene rings is 2. The minimum absolute atomic E-state index is 0.0978. The summed E-state index contributed by atoms with van der Waals surface area (Å²) in [6, 6.07) is 12.3. The molecule has 1 N–H and O–H groups in total. The summed E-state index contributed by atoms with van der Waals surface area (Å²) in [6.45, 7) is 1.20. The fraction of sp³-hybridized carbons (Fsp3) is 0.250. The van der Waals surface area contributed by atoms with Crippen LogP contribution in [0.4, 0.5) is 4.39 Å². The molecule has 0 saturated heterocycles. The molecule has 0 atom stereocenters. The summed E-state index contributed by atoms with van der Waals surface area (Å²) in [5, 5.41) is 0.928. The van der Waals surface area contributed by atoms with Crippen molar-refractivity contribution in [1.29, 1.82) is 0 Å². The molecule has 0 spiro atoms. The maximum atomic E-state index is 13.5. The summed E-state index contributed by atoms with van der Waals surface area (Å²) in [4.78, 5) is 17.8. The van der Waals surface area contributed by atoms with Gasteiger partial charge in [0.1, 0.15) is 11.6 Å². The summed E-state index contributed by atoms with van der Waals surface area (Å²) >= 11 is 0. The number of H-pyrrole nitrogens is 1. The molecule has 3 aromatic rings. The average molecular weight is 338 g/mol. The van der Waals surface area contributed by atoms with E-state index in [-0.39, 0.29) is 11.7 Å². The quantitative estimate of drug-likeness (QED) is 0.795. The molecule has 1 aliphatic rings. The molecule has 1 aromatic heterocycles. The second-order valence-electron chi connectivity index (χ2n) is 6.36. The number of fused-ring (bicyclic) bond motifs is 3. The molecule has 4 rings (SSSR count). The molecule has 4 nitrogen and oxygen atoms in total. The molecule has 2 heterocycles. The lowest BCUT2D eigenvalue weighted by Crippen LogP contribution is -2.36. The number of hydrogen-bond acceptors (Lipinski definition) is 2. The van der Waals surface area contributed by atoms with Crippen LogP contribution in [0.2, 0.25) is 0 Å². The Labute approximate surface area is 145 Å². The number of methoxy groups -OCH3 is 1. The van der Waals surface area contributed by atoms with Crippen molar-refractivity contribution in [2.45, 2.75) is 19.4 Å². The summed E-state index contributed by atoms with van der Waals surface area (Å²) in [5.41, 5.74) is 4.03. The fourth-order valence-corrected chi connectivity index (χ4v) is 3.46. The fourth-order valence-electron chi connectivity index (χ4n) is 3.46. The van der Waals surface area contributed by atoms with Crippen molar-refractivity contribution >= 4 is 16.8 Å². The number of hydrogen-bond donors (Lipinski definition) is 1. The number of rotatable bonds is 3. The average Bonchev–Trinajstić information content (AvgIpc) is 2.99. The third-order valence-corrected chi connectivity index (χ3v) is 4.80. The van der Waals surface area contributed by atoms with Crippen LogP contribution in [0, 0.1) is 5.82 Å². The molecule has 1 amide bonds. The van der Waals surface area contributed by atoms with Gasteiger partial charge >= 0.3 is 0 Å². The molecule has 25 heavy (non-hydrogen) atoms. The summed E-state index contributed by atoms with van der Waals surface area (Å²) in [6.07, 6.45) is 1.11. The number of ether oxygens (including phenoxy) is 1. The molecule has 0 saturated carbocycles. The van der Waals surface area contributed by atoms with Crippen LogP contribution >= 0.6 is 0 Å². The van der Waals surface area contributed by atoms with E-state index in [1.165, 1.54) is 6.07 Å². The monoisotopic (exact) mass is 338 g/mol. The van der Waals surface area contributed by atoms with Gasteiger partial charge < -0.3 is 14.6 Å². The van der Waals surface area contributed by atoms with Crippen molar-refractivity contribution in [3.63, 3.8) is 0 Å². The number of nitrogens with zero attached hydrogens (tertiary/aromatic N) is 1. The third kappa shape index (κ3) is 2.97. The van der Waals surface area contributed by atoms with Crippen molar-refractivity contribution in [2.75, 3.05) is 13.7 Å².